The molecule has 0 spiro atoms. The Morgan fingerprint density at radius 1 is 1.19 bits per heavy atom. The minimum Gasteiger partial charge on any atom is -0.378 e. The molecule has 0 bridgehead atoms. The molecule has 31 heavy (non-hydrogen) atoms. The van der Waals surface area contributed by atoms with Crippen molar-refractivity contribution >= 4 is 17.5 Å². The zero-order valence-electron chi connectivity index (χ0n) is 17.3. The fourth-order valence-electron chi connectivity index (χ4n) is 3.56. The van der Waals surface area contributed by atoms with Crippen LogP contribution in [-0.4, -0.2) is 46.2 Å². The number of aryl methyl sites for hydroxylation is 1. The normalized spacial score (nSPS) is 15.1. The summed E-state index contributed by atoms with van der Waals surface area (Å²) >= 11 is 6.06. The number of ether oxygens (including phenoxy) is 1. The number of hydrogen-bond donors (Lipinski definition) is 2. The Balaban J connectivity index is 1.47. The van der Waals surface area contributed by atoms with Crippen LogP contribution in [-0.2, 0) is 17.7 Å². The second-order valence-electron chi connectivity index (χ2n) is 7.50. The van der Waals surface area contributed by atoms with Crippen LogP contribution in [0.4, 0.5) is 5.95 Å². The molecule has 9 heteroatoms. The van der Waals surface area contributed by atoms with Crippen molar-refractivity contribution in [1.82, 2.24) is 25.3 Å². The second-order valence-corrected chi connectivity index (χ2v) is 7.94. The maximum atomic E-state index is 11.9. The van der Waals surface area contributed by atoms with Gasteiger partial charge in [-0.3, -0.25) is 4.79 Å². The van der Waals surface area contributed by atoms with E-state index in [1.807, 2.05) is 36.7 Å². The van der Waals surface area contributed by atoms with Gasteiger partial charge in [-0.25, -0.2) is 15.0 Å². The Morgan fingerprint density at radius 2 is 1.90 bits per heavy atom. The first-order valence-corrected chi connectivity index (χ1v) is 10.6. The first kappa shape index (κ1) is 21.4. The monoisotopic (exact) mass is 440 g/mol. The van der Waals surface area contributed by atoms with Crippen molar-refractivity contribution in [3.05, 3.63) is 80.7 Å². The zero-order chi connectivity index (χ0) is 21.6. The second kappa shape index (κ2) is 10.00. The van der Waals surface area contributed by atoms with E-state index < -0.39 is 0 Å². The number of hydrogen-bond acceptors (Lipinski definition) is 7. The molecule has 1 aliphatic rings. The summed E-state index contributed by atoms with van der Waals surface area (Å²) in [5, 5.41) is 4.23. The zero-order valence-corrected chi connectivity index (χ0v) is 18.1. The maximum absolute atomic E-state index is 11.9. The van der Waals surface area contributed by atoms with E-state index in [1.54, 1.807) is 6.92 Å². The van der Waals surface area contributed by atoms with Crippen molar-refractivity contribution in [3.63, 3.8) is 0 Å². The van der Waals surface area contributed by atoms with Crippen molar-refractivity contribution in [2.45, 2.75) is 25.9 Å². The van der Waals surface area contributed by atoms with E-state index in [9.17, 15) is 4.79 Å². The number of rotatable bonds is 7. The van der Waals surface area contributed by atoms with Crippen LogP contribution in [0, 0.1) is 6.92 Å². The third-order valence-corrected chi connectivity index (χ3v) is 5.39. The molecule has 3 heterocycles. The molecule has 0 saturated carbocycles. The lowest BCUT2D eigenvalue weighted by Gasteiger charge is -2.26. The molecule has 0 unspecified atom stereocenters. The van der Waals surface area contributed by atoms with Gasteiger partial charge in [-0.05, 0) is 24.6 Å². The molecule has 2 aromatic heterocycles. The molecule has 0 amide bonds. The molecule has 1 atom stereocenters. The molecule has 1 aliphatic heterocycles. The van der Waals surface area contributed by atoms with Gasteiger partial charge >= 0.3 is 0 Å². The summed E-state index contributed by atoms with van der Waals surface area (Å²) < 4.78 is 5.38. The summed E-state index contributed by atoms with van der Waals surface area (Å²) in [6, 6.07) is 9.18. The first-order valence-electron chi connectivity index (χ1n) is 10.3. The van der Waals surface area contributed by atoms with Crippen molar-refractivity contribution in [3.8, 4) is 0 Å². The standard InChI is InChI=1S/C22H25ClN6O2/c1-15-27-19(11-21(30)28-15)10-20(17-2-4-18(23)5-3-17)24-12-16-13-25-22(26-14-16)29-6-8-31-9-7-29/h2-5,11,13-14,20,24H,6-10,12H2,1H3,(H,27,28,30)/t20-/m0/s1. The van der Waals surface area contributed by atoms with Gasteiger partial charge in [0.2, 0.25) is 5.95 Å². The summed E-state index contributed by atoms with van der Waals surface area (Å²) in [4.78, 5) is 30.2. The number of halogens is 1. The minimum atomic E-state index is -0.149. The average molecular weight is 441 g/mol. The van der Waals surface area contributed by atoms with Crippen LogP contribution in [0.5, 0.6) is 0 Å². The summed E-state index contributed by atoms with van der Waals surface area (Å²) in [7, 11) is 0. The maximum Gasteiger partial charge on any atom is 0.251 e. The minimum absolute atomic E-state index is 0.0510. The Labute approximate surface area is 185 Å². The van der Waals surface area contributed by atoms with Crippen LogP contribution in [0.3, 0.4) is 0 Å². The molecule has 0 aliphatic carbocycles. The summed E-state index contributed by atoms with van der Waals surface area (Å²) in [5.41, 5.74) is 2.62. The highest BCUT2D eigenvalue weighted by Gasteiger charge is 2.16. The van der Waals surface area contributed by atoms with Crippen molar-refractivity contribution in [2.75, 3.05) is 31.2 Å². The highest BCUT2D eigenvalue weighted by atomic mass is 35.5. The van der Waals surface area contributed by atoms with Gasteiger partial charge in [0.1, 0.15) is 5.82 Å². The molecule has 1 saturated heterocycles. The SMILES string of the molecule is Cc1nc(C[C@H](NCc2cnc(N3CCOCC3)nc2)c2ccc(Cl)cc2)cc(=O)[nH]1. The molecule has 4 rings (SSSR count). The number of anilines is 1. The number of nitrogens with zero attached hydrogens (tertiary/aromatic N) is 4. The van der Waals surface area contributed by atoms with E-state index in [1.165, 1.54) is 6.07 Å². The van der Waals surface area contributed by atoms with Crippen molar-refractivity contribution < 1.29 is 4.74 Å². The number of aromatic nitrogens is 4. The molecule has 3 aromatic rings. The van der Waals surface area contributed by atoms with E-state index in [-0.39, 0.29) is 11.6 Å². The number of H-pyrrole nitrogens is 1. The number of nitrogens with one attached hydrogen (secondary N) is 2. The van der Waals surface area contributed by atoms with Gasteiger partial charge in [-0.2, -0.15) is 0 Å². The lowest BCUT2D eigenvalue weighted by Crippen LogP contribution is -2.37. The van der Waals surface area contributed by atoms with Crippen LogP contribution in [0.25, 0.3) is 0 Å². The molecule has 1 aromatic carbocycles. The molecular weight excluding hydrogens is 416 g/mol. The Bertz CT molecular complexity index is 1050. The summed E-state index contributed by atoms with van der Waals surface area (Å²) in [6.07, 6.45) is 4.26. The van der Waals surface area contributed by atoms with Crippen LogP contribution in [0.1, 0.15) is 28.7 Å². The van der Waals surface area contributed by atoms with Crippen LogP contribution in [0.2, 0.25) is 5.02 Å². The van der Waals surface area contributed by atoms with Gasteiger partial charge < -0.3 is 19.9 Å². The van der Waals surface area contributed by atoms with E-state index in [0.717, 1.165) is 35.9 Å². The van der Waals surface area contributed by atoms with Crippen LogP contribution in [0.15, 0.2) is 47.5 Å². The van der Waals surface area contributed by atoms with Crippen molar-refractivity contribution in [2.24, 2.45) is 0 Å². The van der Waals surface area contributed by atoms with E-state index in [2.05, 4.69) is 30.2 Å². The van der Waals surface area contributed by atoms with Gasteiger partial charge in [-0.15, -0.1) is 0 Å². The van der Waals surface area contributed by atoms with Gasteiger partial charge in [0.25, 0.3) is 5.56 Å². The van der Waals surface area contributed by atoms with Crippen molar-refractivity contribution in [1.29, 1.82) is 0 Å². The van der Waals surface area contributed by atoms with Crippen LogP contribution < -0.4 is 15.8 Å². The fraction of sp³-hybridized carbons (Fsp3) is 0.364. The third kappa shape index (κ3) is 5.88. The van der Waals surface area contributed by atoms with Gasteiger partial charge in [0, 0.05) is 66.8 Å². The van der Waals surface area contributed by atoms with E-state index >= 15 is 0 Å². The lowest BCUT2D eigenvalue weighted by molar-refractivity contribution is 0.122. The van der Waals surface area contributed by atoms with Gasteiger partial charge in [0.15, 0.2) is 0 Å². The quantitative estimate of drug-likeness (QED) is 0.582. The molecular formula is C22H25ClN6O2. The van der Waals surface area contributed by atoms with E-state index in [4.69, 9.17) is 16.3 Å². The lowest BCUT2D eigenvalue weighted by atomic mass is 10.0. The first-order chi connectivity index (χ1) is 15.1. The predicted octanol–water partition coefficient (Wildman–Crippen LogP) is 2.43. The molecule has 0 radical (unpaired) electrons. The smallest absolute Gasteiger partial charge is 0.251 e. The number of benzene rings is 1. The highest BCUT2D eigenvalue weighted by Crippen LogP contribution is 2.20. The Hall–Kier alpha value is -2.81. The number of aromatic amines is 1. The van der Waals surface area contributed by atoms with E-state index in [0.29, 0.717) is 37.0 Å². The number of morpholine rings is 1. The summed E-state index contributed by atoms with van der Waals surface area (Å²) in [5.74, 6) is 1.33. The third-order valence-electron chi connectivity index (χ3n) is 5.14. The predicted molar refractivity (Wildman–Crippen MR) is 119 cm³/mol. The van der Waals surface area contributed by atoms with Gasteiger partial charge in [-0.1, -0.05) is 23.7 Å². The molecule has 8 nitrogen and oxygen atoms in total. The molecule has 162 valence electrons. The average Bonchev–Trinajstić information content (AvgIpc) is 2.77. The summed E-state index contributed by atoms with van der Waals surface area (Å²) in [6.45, 7) is 5.37. The van der Waals surface area contributed by atoms with Gasteiger partial charge in [0.05, 0.1) is 13.2 Å². The fourth-order valence-corrected chi connectivity index (χ4v) is 3.69. The largest absolute Gasteiger partial charge is 0.378 e. The Morgan fingerprint density at radius 3 is 2.58 bits per heavy atom. The topological polar surface area (TPSA) is 96.0 Å². The van der Waals surface area contributed by atoms with Crippen LogP contribution >= 0.6 is 11.6 Å². The Kier molecular flexibility index (Phi) is 6.91. The highest BCUT2D eigenvalue weighted by molar-refractivity contribution is 6.30. The molecule has 1 fully saturated rings. The molecule has 2 N–H and O–H groups in total.